The van der Waals surface area contributed by atoms with E-state index in [1.165, 1.54) is 0 Å². The second kappa shape index (κ2) is 4.40. The molecule has 0 saturated carbocycles. The van der Waals surface area contributed by atoms with Crippen molar-refractivity contribution in [2.75, 3.05) is 26.8 Å². The molecule has 3 nitrogen and oxygen atoms in total. The van der Waals surface area contributed by atoms with Crippen LogP contribution in [0.4, 0.5) is 0 Å². The van der Waals surface area contributed by atoms with Crippen LogP contribution in [0, 0.1) is 17.8 Å². The van der Waals surface area contributed by atoms with E-state index in [4.69, 9.17) is 0 Å². The van der Waals surface area contributed by atoms with Crippen LogP contribution in [0.2, 0.25) is 0 Å². The zero-order valence-electron chi connectivity index (χ0n) is 8.77. The molecule has 0 aromatic heterocycles. The van der Waals surface area contributed by atoms with Crippen molar-refractivity contribution >= 4 is 0 Å². The number of nitrogens with zero attached hydrogens (tertiary/aromatic N) is 1. The summed E-state index contributed by atoms with van der Waals surface area (Å²) >= 11 is 0. The average Bonchev–Trinajstić information content (AvgIpc) is 2.13. The van der Waals surface area contributed by atoms with Crippen molar-refractivity contribution < 1.29 is 10.2 Å². The molecule has 1 heterocycles. The van der Waals surface area contributed by atoms with Gasteiger partial charge in [0.1, 0.15) is 0 Å². The summed E-state index contributed by atoms with van der Waals surface area (Å²) in [4.78, 5) is 2.26. The second-order valence-electron chi connectivity index (χ2n) is 4.33. The molecule has 1 rings (SSSR count). The Labute approximate surface area is 80.4 Å². The normalized spacial score (nSPS) is 42.2. The Kier molecular flexibility index (Phi) is 3.71. The lowest BCUT2D eigenvalue weighted by Crippen LogP contribution is -2.51. The maximum atomic E-state index is 9.24. The standard InChI is InChI=1S/C10H21NO2/c1-7-8(2)11(3)4-9(5-12)10(7)6-13/h7-10,12-13H,4-6H2,1-3H3. The summed E-state index contributed by atoms with van der Waals surface area (Å²) in [5.74, 6) is 0.957. The number of hydrogen-bond acceptors (Lipinski definition) is 3. The van der Waals surface area contributed by atoms with E-state index in [-0.39, 0.29) is 25.0 Å². The molecule has 0 amide bonds. The van der Waals surface area contributed by atoms with Gasteiger partial charge in [0.25, 0.3) is 0 Å². The van der Waals surface area contributed by atoms with E-state index in [2.05, 4.69) is 25.8 Å². The first-order valence-corrected chi connectivity index (χ1v) is 5.03. The fraction of sp³-hybridized carbons (Fsp3) is 1.00. The highest BCUT2D eigenvalue weighted by Crippen LogP contribution is 2.31. The molecule has 1 saturated heterocycles. The molecule has 3 heteroatoms. The minimum Gasteiger partial charge on any atom is -0.396 e. The zero-order valence-corrected chi connectivity index (χ0v) is 8.77. The first-order valence-electron chi connectivity index (χ1n) is 5.03. The highest BCUT2D eigenvalue weighted by molar-refractivity contribution is 4.87. The zero-order chi connectivity index (χ0) is 10.0. The number of aliphatic hydroxyl groups excluding tert-OH is 2. The van der Waals surface area contributed by atoms with E-state index < -0.39 is 0 Å². The van der Waals surface area contributed by atoms with Gasteiger partial charge in [-0.15, -0.1) is 0 Å². The van der Waals surface area contributed by atoms with Crippen LogP contribution in [0.3, 0.4) is 0 Å². The first-order chi connectivity index (χ1) is 6.11. The van der Waals surface area contributed by atoms with Gasteiger partial charge in [0, 0.05) is 31.7 Å². The van der Waals surface area contributed by atoms with E-state index in [0.717, 1.165) is 6.54 Å². The quantitative estimate of drug-likeness (QED) is 0.648. The molecule has 0 aromatic rings. The first kappa shape index (κ1) is 11.0. The van der Waals surface area contributed by atoms with Gasteiger partial charge in [-0.3, -0.25) is 0 Å². The number of rotatable bonds is 2. The Morgan fingerprint density at radius 1 is 1.23 bits per heavy atom. The van der Waals surface area contributed by atoms with Crippen LogP contribution in [-0.2, 0) is 0 Å². The Morgan fingerprint density at radius 3 is 2.31 bits per heavy atom. The topological polar surface area (TPSA) is 43.7 Å². The maximum absolute atomic E-state index is 9.24. The van der Waals surface area contributed by atoms with Crippen LogP contribution in [0.25, 0.3) is 0 Å². The van der Waals surface area contributed by atoms with Crippen LogP contribution in [-0.4, -0.2) is 48.0 Å². The van der Waals surface area contributed by atoms with Crippen molar-refractivity contribution in [3.05, 3.63) is 0 Å². The highest BCUT2D eigenvalue weighted by Gasteiger charge is 2.36. The Morgan fingerprint density at radius 2 is 1.85 bits per heavy atom. The van der Waals surface area contributed by atoms with Crippen LogP contribution in [0.15, 0.2) is 0 Å². The number of piperidine rings is 1. The lowest BCUT2D eigenvalue weighted by molar-refractivity contribution is -0.0149. The van der Waals surface area contributed by atoms with Crippen molar-refractivity contribution in [1.29, 1.82) is 0 Å². The molecule has 78 valence electrons. The average molecular weight is 187 g/mol. The van der Waals surface area contributed by atoms with Crippen LogP contribution < -0.4 is 0 Å². The highest BCUT2D eigenvalue weighted by atomic mass is 16.3. The third kappa shape index (κ3) is 2.03. The molecule has 4 unspecified atom stereocenters. The molecular weight excluding hydrogens is 166 g/mol. The van der Waals surface area contributed by atoms with Crippen LogP contribution in [0.5, 0.6) is 0 Å². The summed E-state index contributed by atoms with van der Waals surface area (Å²) in [5.41, 5.74) is 0. The minimum absolute atomic E-state index is 0.187. The molecule has 1 aliphatic rings. The molecule has 0 bridgehead atoms. The van der Waals surface area contributed by atoms with Crippen molar-refractivity contribution in [1.82, 2.24) is 4.90 Å². The number of hydrogen-bond donors (Lipinski definition) is 2. The molecule has 1 fully saturated rings. The monoisotopic (exact) mass is 187 g/mol. The second-order valence-corrected chi connectivity index (χ2v) is 4.33. The van der Waals surface area contributed by atoms with Crippen molar-refractivity contribution in [3.8, 4) is 0 Å². The third-order valence-electron chi connectivity index (χ3n) is 3.70. The molecule has 13 heavy (non-hydrogen) atoms. The van der Waals surface area contributed by atoms with Crippen LogP contribution >= 0.6 is 0 Å². The minimum atomic E-state index is 0.187. The van der Waals surface area contributed by atoms with Crippen molar-refractivity contribution in [3.63, 3.8) is 0 Å². The Balaban J connectivity index is 2.69. The number of likely N-dealkylation sites (tertiary alicyclic amines) is 1. The molecule has 2 N–H and O–H groups in total. The van der Waals surface area contributed by atoms with E-state index >= 15 is 0 Å². The van der Waals surface area contributed by atoms with Gasteiger partial charge < -0.3 is 15.1 Å². The molecule has 0 aromatic carbocycles. The summed E-state index contributed by atoms with van der Waals surface area (Å²) in [6.07, 6.45) is 0. The predicted molar refractivity (Wildman–Crippen MR) is 52.4 cm³/mol. The largest absolute Gasteiger partial charge is 0.396 e. The van der Waals surface area contributed by atoms with E-state index in [1.807, 2.05) is 0 Å². The molecule has 1 aliphatic heterocycles. The predicted octanol–water partition coefficient (Wildman–Crippen LogP) is 0.173. The lowest BCUT2D eigenvalue weighted by Gasteiger charge is -2.44. The fourth-order valence-corrected chi connectivity index (χ4v) is 2.37. The summed E-state index contributed by atoms with van der Waals surface area (Å²) in [7, 11) is 2.08. The fourth-order valence-electron chi connectivity index (χ4n) is 2.37. The summed E-state index contributed by atoms with van der Waals surface area (Å²) < 4.78 is 0. The van der Waals surface area contributed by atoms with Crippen molar-refractivity contribution in [2.24, 2.45) is 17.8 Å². The smallest absolute Gasteiger partial charge is 0.0475 e. The van der Waals surface area contributed by atoms with Crippen LogP contribution in [0.1, 0.15) is 13.8 Å². The van der Waals surface area contributed by atoms with Gasteiger partial charge in [-0.1, -0.05) is 6.92 Å². The van der Waals surface area contributed by atoms with Gasteiger partial charge in [-0.25, -0.2) is 0 Å². The number of aliphatic hydroxyl groups is 2. The van der Waals surface area contributed by atoms with Gasteiger partial charge in [-0.05, 0) is 25.8 Å². The van der Waals surface area contributed by atoms with E-state index in [1.54, 1.807) is 0 Å². The van der Waals surface area contributed by atoms with Gasteiger partial charge in [0.15, 0.2) is 0 Å². The maximum Gasteiger partial charge on any atom is 0.0475 e. The lowest BCUT2D eigenvalue weighted by atomic mass is 9.75. The van der Waals surface area contributed by atoms with Gasteiger partial charge in [0.05, 0.1) is 0 Å². The van der Waals surface area contributed by atoms with E-state index in [0.29, 0.717) is 12.0 Å². The summed E-state index contributed by atoms with van der Waals surface area (Å²) in [6.45, 7) is 5.62. The third-order valence-corrected chi connectivity index (χ3v) is 3.70. The van der Waals surface area contributed by atoms with Gasteiger partial charge in [0.2, 0.25) is 0 Å². The molecule has 0 aliphatic carbocycles. The van der Waals surface area contributed by atoms with E-state index in [9.17, 15) is 10.2 Å². The Hall–Kier alpha value is -0.120. The van der Waals surface area contributed by atoms with Crippen molar-refractivity contribution in [2.45, 2.75) is 19.9 Å². The van der Waals surface area contributed by atoms with Gasteiger partial charge in [-0.2, -0.15) is 0 Å². The Bertz CT molecular complexity index is 161. The van der Waals surface area contributed by atoms with Gasteiger partial charge >= 0.3 is 0 Å². The molecule has 4 atom stereocenters. The SMILES string of the molecule is CC1C(CO)C(CO)CN(C)C1C. The summed E-state index contributed by atoms with van der Waals surface area (Å²) in [5, 5.41) is 18.4. The summed E-state index contributed by atoms with van der Waals surface area (Å²) in [6, 6.07) is 0.500. The molecule has 0 radical (unpaired) electrons. The molecule has 0 spiro atoms. The molecular formula is C10H21NO2.